The van der Waals surface area contributed by atoms with Crippen LogP contribution in [0.2, 0.25) is 0 Å². The van der Waals surface area contributed by atoms with Gasteiger partial charge in [-0.25, -0.2) is 0 Å². The molecule has 0 radical (unpaired) electrons. The van der Waals surface area contributed by atoms with Crippen molar-refractivity contribution in [2.45, 2.75) is 63.1 Å². The Kier molecular flexibility index (Phi) is 5.37. The predicted octanol–water partition coefficient (Wildman–Crippen LogP) is 4.62. The van der Waals surface area contributed by atoms with Crippen LogP contribution in [0.3, 0.4) is 0 Å². The minimum atomic E-state index is 0.141. The third-order valence-corrected chi connectivity index (χ3v) is 7.72. The summed E-state index contributed by atoms with van der Waals surface area (Å²) in [5.41, 5.74) is 3.94. The summed E-state index contributed by atoms with van der Waals surface area (Å²) >= 11 is 0. The summed E-state index contributed by atoms with van der Waals surface area (Å²) in [6.07, 6.45) is 7.79. The van der Waals surface area contributed by atoms with E-state index in [0.717, 1.165) is 29.8 Å². The Bertz CT molecular complexity index is 1240. The number of nitrogens with zero attached hydrogens (tertiary/aromatic N) is 5. The van der Waals surface area contributed by atoms with Crippen molar-refractivity contribution in [2.75, 3.05) is 11.9 Å². The number of hydrogen-bond donors (Lipinski definition) is 2. The fourth-order valence-electron chi connectivity index (χ4n) is 6.02. The summed E-state index contributed by atoms with van der Waals surface area (Å²) in [4.78, 5) is 2.27. The number of fused-ring (bicyclic) bond motifs is 2. The van der Waals surface area contributed by atoms with Gasteiger partial charge in [-0.2, -0.15) is 5.26 Å². The highest BCUT2D eigenvalue weighted by Crippen LogP contribution is 2.42. The Morgan fingerprint density at radius 3 is 2.41 bits per heavy atom. The van der Waals surface area contributed by atoms with Gasteiger partial charge in [-0.1, -0.05) is 6.07 Å². The molecule has 0 amide bonds. The Labute approximate surface area is 201 Å². The molecule has 7 heteroatoms. The van der Waals surface area contributed by atoms with Crippen LogP contribution < -0.4 is 10.2 Å². The molecular formula is C27H32N6O. The van der Waals surface area contributed by atoms with Crippen LogP contribution in [0.4, 0.5) is 5.82 Å². The van der Waals surface area contributed by atoms with E-state index in [4.69, 9.17) is 0 Å². The molecule has 176 valence electrons. The zero-order valence-corrected chi connectivity index (χ0v) is 20.3. The smallest absolute Gasteiger partial charge is 0.151 e. The molecule has 2 aliphatic heterocycles. The Morgan fingerprint density at radius 2 is 1.82 bits per heavy atom. The molecule has 2 N–H and O–H groups in total. The van der Waals surface area contributed by atoms with Crippen LogP contribution in [0.15, 0.2) is 42.6 Å². The maximum absolute atomic E-state index is 10.7. The first kappa shape index (κ1) is 22.4. The van der Waals surface area contributed by atoms with E-state index in [9.17, 15) is 10.4 Å². The molecule has 3 atom stereocenters. The van der Waals surface area contributed by atoms with Crippen LogP contribution in [0.1, 0.15) is 51.6 Å². The first-order chi connectivity index (χ1) is 16.2. The third kappa shape index (κ3) is 4.03. The van der Waals surface area contributed by atoms with Crippen molar-refractivity contribution in [3.8, 4) is 34.2 Å². The van der Waals surface area contributed by atoms with Crippen molar-refractivity contribution >= 4 is 5.82 Å². The molecule has 3 aromatic rings. The second-order valence-corrected chi connectivity index (χ2v) is 10.6. The molecule has 2 aromatic heterocycles. The van der Waals surface area contributed by atoms with E-state index in [1.165, 1.54) is 19.3 Å². The number of rotatable bonds is 4. The van der Waals surface area contributed by atoms with Gasteiger partial charge >= 0.3 is 0 Å². The number of aromatic hydroxyl groups is 1. The Balaban J connectivity index is 1.35. The topological polar surface area (TPSA) is 90.0 Å². The molecule has 34 heavy (non-hydrogen) atoms. The second-order valence-electron chi connectivity index (χ2n) is 10.6. The molecule has 4 heterocycles. The molecule has 0 saturated carbocycles. The summed E-state index contributed by atoms with van der Waals surface area (Å²) in [5.74, 6) is 0.993. The number of aryl methyl sites for hydroxylation is 1. The van der Waals surface area contributed by atoms with Gasteiger partial charge < -0.3 is 19.9 Å². The lowest BCUT2D eigenvalue weighted by molar-refractivity contribution is 0.0784. The van der Waals surface area contributed by atoms with Crippen LogP contribution in [0.5, 0.6) is 5.75 Å². The number of piperidine rings is 2. The van der Waals surface area contributed by atoms with Gasteiger partial charge in [-0.05, 0) is 81.8 Å². The monoisotopic (exact) mass is 456 g/mol. The maximum atomic E-state index is 10.7. The molecule has 7 nitrogen and oxygen atoms in total. The first-order valence-electron chi connectivity index (χ1n) is 11.9. The van der Waals surface area contributed by atoms with Crippen LogP contribution in [0, 0.1) is 11.3 Å². The molecule has 0 aliphatic carbocycles. The summed E-state index contributed by atoms with van der Waals surface area (Å²) in [7, 11) is 3.95. The highest BCUT2D eigenvalue weighted by molar-refractivity contribution is 5.74. The molecule has 2 bridgehead atoms. The molecule has 1 aromatic carbocycles. The number of aromatic nitrogens is 3. The number of nitrogens with one attached hydrogen (secondary N) is 1. The van der Waals surface area contributed by atoms with E-state index >= 15 is 0 Å². The largest absolute Gasteiger partial charge is 0.507 e. The average Bonchev–Trinajstić information content (AvgIpc) is 3.18. The van der Waals surface area contributed by atoms with Gasteiger partial charge in [0.2, 0.25) is 0 Å². The molecule has 0 spiro atoms. The number of anilines is 1. The number of nitriles is 1. The second kappa shape index (κ2) is 8.14. The highest BCUT2D eigenvalue weighted by Gasteiger charge is 2.46. The molecule has 2 aliphatic rings. The van der Waals surface area contributed by atoms with Gasteiger partial charge in [0.15, 0.2) is 5.82 Å². The van der Waals surface area contributed by atoms with Gasteiger partial charge in [0.1, 0.15) is 17.5 Å². The lowest BCUT2D eigenvalue weighted by Gasteiger charge is -2.55. The molecule has 5 rings (SSSR count). The summed E-state index contributed by atoms with van der Waals surface area (Å²) < 4.78 is 1.78. The van der Waals surface area contributed by atoms with Crippen molar-refractivity contribution in [1.29, 1.82) is 5.26 Å². The summed E-state index contributed by atoms with van der Waals surface area (Å²) in [6.45, 7) is 4.70. The predicted molar refractivity (Wildman–Crippen MR) is 133 cm³/mol. The van der Waals surface area contributed by atoms with Crippen LogP contribution in [-0.2, 0) is 7.05 Å². The van der Waals surface area contributed by atoms with E-state index in [1.54, 1.807) is 10.6 Å². The quantitative estimate of drug-likeness (QED) is 0.596. The van der Waals surface area contributed by atoms with Crippen molar-refractivity contribution in [3.63, 3.8) is 0 Å². The normalized spacial score (nSPS) is 26.1. The van der Waals surface area contributed by atoms with E-state index in [2.05, 4.69) is 47.4 Å². The van der Waals surface area contributed by atoms with Crippen molar-refractivity contribution in [2.24, 2.45) is 7.05 Å². The summed E-state index contributed by atoms with van der Waals surface area (Å²) in [6, 6.07) is 13.8. The lowest BCUT2D eigenvalue weighted by atomic mass is 9.69. The van der Waals surface area contributed by atoms with Crippen molar-refractivity contribution < 1.29 is 5.11 Å². The average molecular weight is 457 g/mol. The van der Waals surface area contributed by atoms with Crippen LogP contribution >= 0.6 is 0 Å². The fourth-order valence-corrected chi connectivity index (χ4v) is 6.02. The molecule has 0 unspecified atom stereocenters. The van der Waals surface area contributed by atoms with Gasteiger partial charge in [0.25, 0.3) is 0 Å². The van der Waals surface area contributed by atoms with E-state index in [-0.39, 0.29) is 16.8 Å². The van der Waals surface area contributed by atoms with E-state index in [0.29, 0.717) is 23.0 Å². The number of benzene rings is 1. The SMILES string of the molecule is CN(c1ccc(-c2ccc(-c3cc(C#N)n(C)c3)cc2O)nn1)[C@H]1C[C@]2(C)CCC[C@](C)(C1)N2. The zero-order chi connectivity index (χ0) is 24.1. The number of phenolic OH excluding ortho intramolecular Hbond substituents is 1. The van der Waals surface area contributed by atoms with Crippen molar-refractivity contribution in [1.82, 2.24) is 20.1 Å². The molecule has 2 fully saturated rings. The molecule has 2 saturated heterocycles. The third-order valence-electron chi connectivity index (χ3n) is 7.72. The van der Waals surface area contributed by atoms with Gasteiger partial charge in [-0.3, -0.25) is 0 Å². The van der Waals surface area contributed by atoms with Crippen LogP contribution in [-0.4, -0.2) is 44.0 Å². The Hall–Kier alpha value is -3.37. The summed E-state index contributed by atoms with van der Waals surface area (Å²) in [5, 5.41) is 32.8. The van der Waals surface area contributed by atoms with E-state index < -0.39 is 0 Å². The first-order valence-corrected chi connectivity index (χ1v) is 11.9. The fraction of sp³-hybridized carbons (Fsp3) is 0.444. The lowest BCUT2D eigenvalue weighted by Crippen LogP contribution is -2.66. The number of phenols is 1. The zero-order valence-electron chi connectivity index (χ0n) is 20.3. The van der Waals surface area contributed by atoms with E-state index in [1.807, 2.05) is 43.6 Å². The molecular weight excluding hydrogens is 424 g/mol. The standard InChI is InChI=1S/C27H32N6O/c1-26-10-5-11-27(2,31-26)15-21(14-26)33(4)25-9-8-23(29-30-25)22-7-6-18(13-24(22)34)19-12-20(16-28)32(3)17-19/h6-9,12-13,17,21,31,34H,5,10-11,14-15H2,1-4H3/t21-,26-,27+. The Morgan fingerprint density at radius 1 is 1.09 bits per heavy atom. The van der Waals surface area contributed by atoms with Gasteiger partial charge in [-0.15, -0.1) is 10.2 Å². The van der Waals surface area contributed by atoms with Gasteiger partial charge in [0, 0.05) is 48.5 Å². The van der Waals surface area contributed by atoms with Gasteiger partial charge in [0.05, 0.1) is 5.69 Å². The van der Waals surface area contributed by atoms with Crippen LogP contribution in [0.25, 0.3) is 22.4 Å². The minimum absolute atomic E-state index is 0.141. The maximum Gasteiger partial charge on any atom is 0.151 e. The minimum Gasteiger partial charge on any atom is -0.507 e. The van der Waals surface area contributed by atoms with Crippen molar-refractivity contribution in [3.05, 3.63) is 48.3 Å². The number of hydrogen-bond acceptors (Lipinski definition) is 6. The highest BCUT2D eigenvalue weighted by atomic mass is 16.3.